The van der Waals surface area contributed by atoms with E-state index < -0.39 is 0 Å². The number of nitrogens with two attached hydrogens (primary N) is 2. The predicted molar refractivity (Wildman–Crippen MR) is 92.3 cm³/mol. The molecule has 0 radical (unpaired) electrons. The molecule has 0 saturated carbocycles. The summed E-state index contributed by atoms with van der Waals surface area (Å²) in [5, 5.41) is 0. The molecule has 0 aliphatic rings. The van der Waals surface area contributed by atoms with Gasteiger partial charge in [-0.05, 0) is 31.2 Å². The maximum Gasteiger partial charge on any atom is 0.126 e. The zero-order valence-electron chi connectivity index (χ0n) is 13.8. The van der Waals surface area contributed by atoms with Gasteiger partial charge >= 0.3 is 0 Å². The normalized spacial score (nSPS) is 15.9. The molecular weight excluding hydrogens is 258 g/mol. The zero-order valence-corrected chi connectivity index (χ0v) is 13.8. The van der Waals surface area contributed by atoms with Gasteiger partial charge in [0.25, 0.3) is 0 Å². The Morgan fingerprint density at radius 1 is 1.19 bits per heavy atom. The van der Waals surface area contributed by atoms with Crippen LogP contribution in [0, 0.1) is 5.92 Å². The molecule has 0 aliphatic heterocycles. The van der Waals surface area contributed by atoms with E-state index in [4.69, 9.17) is 11.5 Å². The van der Waals surface area contributed by atoms with Crippen LogP contribution in [0.4, 0.5) is 0 Å². The number of nitrogens with zero attached hydrogens (tertiary/aromatic N) is 1. The molecule has 0 fully saturated rings. The summed E-state index contributed by atoms with van der Waals surface area (Å²) >= 11 is 0. The number of amidine groups is 1. The Labute approximate surface area is 129 Å². The first-order valence-corrected chi connectivity index (χ1v) is 7.82. The highest BCUT2D eigenvalue weighted by molar-refractivity contribution is 5.97. The van der Waals surface area contributed by atoms with Gasteiger partial charge in [0, 0.05) is 12.1 Å². The molecule has 3 heteroatoms. The third-order valence-electron chi connectivity index (χ3n) is 4.05. The van der Waals surface area contributed by atoms with Crippen molar-refractivity contribution in [3.8, 4) is 0 Å². The van der Waals surface area contributed by atoms with Crippen LogP contribution in [0.1, 0.15) is 51.7 Å². The van der Waals surface area contributed by atoms with Crippen LogP contribution in [0.2, 0.25) is 0 Å². The van der Waals surface area contributed by atoms with Crippen LogP contribution in [-0.4, -0.2) is 11.9 Å². The second-order valence-electron chi connectivity index (χ2n) is 5.61. The number of benzene rings is 1. The number of hydrogen-bond donors (Lipinski definition) is 2. The smallest absolute Gasteiger partial charge is 0.126 e. The Morgan fingerprint density at radius 3 is 2.29 bits per heavy atom. The zero-order chi connectivity index (χ0) is 15.8. The van der Waals surface area contributed by atoms with Gasteiger partial charge in [-0.15, -0.1) is 0 Å². The fraction of sp³-hybridized carbons (Fsp3) is 0.500. The third kappa shape index (κ3) is 5.35. The molecule has 0 aromatic heterocycles. The average molecular weight is 287 g/mol. The van der Waals surface area contributed by atoms with E-state index in [2.05, 4.69) is 38.8 Å². The highest BCUT2D eigenvalue weighted by Gasteiger charge is 2.07. The standard InChI is InChI=1S/C18H29N3/c1-5-13(3)14(4)11-17(6-2)21-18(20)16-9-7-15(12-19)8-10-16/h7-11,13,17H,5-6,12,19H2,1-4H3,(H2,20,21). The first-order valence-electron chi connectivity index (χ1n) is 7.82. The molecule has 0 amide bonds. The van der Waals surface area contributed by atoms with Crippen molar-refractivity contribution in [3.63, 3.8) is 0 Å². The van der Waals surface area contributed by atoms with Crippen molar-refractivity contribution in [3.05, 3.63) is 47.0 Å². The van der Waals surface area contributed by atoms with Gasteiger partial charge in [0.1, 0.15) is 5.84 Å². The quantitative estimate of drug-likeness (QED) is 0.457. The lowest BCUT2D eigenvalue weighted by atomic mass is 9.97. The molecule has 1 aromatic rings. The van der Waals surface area contributed by atoms with E-state index >= 15 is 0 Å². The molecule has 4 N–H and O–H groups in total. The lowest BCUT2D eigenvalue weighted by Gasteiger charge is -2.13. The molecule has 0 bridgehead atoms. The maximum atomic E-state index is 6.14. The molecule has 3 nitrogen and oxygen atoms in total. The molecule has 1 rings (SSSR count). The fourth-order valence-electron chi connectivity index (χ4n) is 2.10. The highest BCUT2D eigenvalue weighted by Crippen LogP contribution is 2.16. The number of hydrogen-bond acceptors (Lipinski definition) is 2. The highest BCUT2D eigenvalue weighted by atomic mass is 14.9. The van der Waals surface area contributed by atoms with E-state index in [1.54, 1.807) is 0 Å². The lowest BCUT2D eigenvalue weighted by molar-refractivity contribution is 0.642. The lowest BCUT2D eigenvalue weighted by Crippen LogP contribution is -2.17. The first-order chi connectivity index (χ1) is 10.0. The van der Waals surface area contributed by atoms with E-state index in [0.29, 0.717) is 18.3 Å². The molecule has 116 valence electrons. The van der Waals surface area contributed by atoms with E-state index in [9.17, 15) is 0 Å². The van der Waals surface area contributed by atoms with Crippen LogP contribution >= 0.6 is 0 Å². The summed E-state index contributed by atoms with van der Waals surface area (Å²) in [5.41, 5.74) is 15.2. The van der Waals surface area contributed by atoms with Crippen molar-refractivity contribution < 1.29 is 0 Å². The summed E-state index contributed by atoms with van der Waals surface area (Å²) < 4.78 is 0. The van der Waals surface area contributed by atoms with Crippen LogP contribution in [0.25, 0.3) is 0 Å². The predicted octanol–water partition coefficient (Wildman–Crippen LogP) is 3.62. The van der Waals surface area contributed by atoms with Crippen LogP contribution < -0.4 is 11.5 Å². The van der Waals surface area contributed by atoms with Gasteiger partial charge in [0.05, 0.1) is 6.04 Å². The average Bonchev–Trinajstić information content (AvgIpc) is 2.53. The summed E-state index contributed by atoms with van der Waals surface area (Å²) in [6.45, 7) is 9.32. The van der Waals surface area contributed by atoms with Crippen molar-refractivity contribution in [1.82, 2.24) is 0 Å². The Bertz CT molecular complexity index is 486. The first kappa shape index (κ1) is 17.4. The van der Waals surface area contributed by atoms with Crippen molar-refractivity contribution in [2.75, 3.05) is 0 Å². The van der Waals surface area contributed by atoms with E-state index in [0.717, 1.165) is 24.0 Å². The molecule has 1 aromatic carbocycles. The van der Waals surface area contributed by atoms with Gasteiger partial charge in [-0.3, -0.25) is 4.99 Å². The van der Waals surface area contributed by atoms with Crippen molar-refractivity contribution in [2.45, 2.75) is 53.1 Å². The summed E-state index contributed by atoms with van der Waals surface area (Å²) in [4.78, 5) is 4.66. The second-order valence-corrected chi connectivity index (χ2v) is 5.61. The van der Waals surface area contributed by atoms with E-state index in [-0.39, 0.29) is 6.04 Å². The topological polar surface area (TPSA) is 64.4 Å². The Morgan fingerprint density at radius 2 is 1.81 bits per heavy atom. The van der Waals surface area contributed by atoms with Gasteiger partial charge < -0.3 is 11.5 Å². The molecule has 2 unspecified atom stereocenters. The number of allylic oxidation sites excluding steroid dienone is 1. The molecule has 0 saturated heterocycles. The van der Waals surface area contributed by atoms with Crippen LogP contribution in [0.3, 0.4) is 0 Å². The SMILES string of the molecule is CCC(C=C(C)C(C)CC)N=C(N)c1ccc(CN)cc1. The molecule has 0 spiro atoms. The summed E-state index contributed by atoms with van der Waals surface area (Å²) in [5.74, 6) is 1.19. The minimum atomic E-state index is 0.146. The van der Waals surface area contributed by atoms with E-state index in [1.807, 2.05) is 24.3 Å². The molecular formula is C18H29N3. The Kier molecular flexibility index (Phi) is 7.17. The summed E-state index contributed by atoms with van der Waals surface area (Å²) in [6, 6.07) is 8.11. The number of aliphatic imine (C=N–C) groups is 1. The fourth-order valence-corrected chi connectivity index (χ4v) is 2.10. The van der Waals surface area contributed by atoms with Gasteiger partial charge in [0.2, 0.25) is 0 Å². The Hall–Kier alpha value is -1.61. The third-order valence-corrected chi connectivity index (χ3v) is 4.05. The largest absolute Gasteiger partial charge is 0.383 e. The molecule has 0 heterocycles. The minimum absolute atomic E-state index is 0.146. The number of rotatable bonds is 7. The van der Waals surface area contributed by atoms with Gasteiger partial charge in [-0.1, -0.05) is 56.7 Å². The molecule has 21 heavy (non-hydrogen) atoms. The monoisotopic (exact) mass is 287 g/mol. The van der Waals surface area contributed by atoms with Gasteiger partial charge in [-0.25, -0.2) is 0 Å². The minimum Gasteiger partial charge on any atom is -0.383 e. The summed E-state index contributed by atoms with van der Waals surface area (Å²) in [6.07, 6.45) is 4.35. The second kappa shape index (κ2) is 8.63. The van der Waals surface area contributed by atoms with Gasteiger partial charge in [0.15, 0.2) is 0 Å². The Balaban J connectivity index is 2.90. The van der Waals surface area contributed by atoms with Crippen LogP contribution in [0.5, 0.6) is 0 Å². The van der Waals surface area contributed by atoms with E-state index in [1.165, 1.54) is 5.57 Å². The van der Waals surface area contributed by atoms with Crippen molar-refractivity contribution in [2.24, 2.45) is 22.4 Å². The van der Waals surface area contributed by atoms with Crippen molar-refractivity contribution >= 4 is 5.84 Å². The van der Waals surface area contributed by atoms with Crippen LogP contribution in [0.15, 0.2) is 40.9 Å². The maximum absolute atomic E-state index is 6.14. The molecule has 2 atom stereocenters. The van der Waals surface area contributed by atoms with Crippen molar-refractivity contribution in [1.29, 1.82) is 0 Å². The summed E-state index contributed by atoms with van der Waals surface area (Å²) in [7, 11) is 0. The van der Waals surface area contributed by atoms with Crippen LogP contribution in [-0.2, 0) is 6.54 Å². The van der Waals surface area contributed by atoms with Gasteiger partial charge in [-0.2, -0.15) is 0 Å². The molecule has 0 aliphatic carbocycles.